The molecule has 0 unspecified atom stereocenters. The molecule has 0 aliphatic carbocycles. The number of para-hydroxylation sites is 1. The van der Waals surface area contributed by atoms with Gasteiger partial charge in [0.1, 0.15) is 6.61 Å². The highest BCUT2D eigenvalue weighted by molar-refractivity contribution is 5.99. The zero-order chi connectivity index (χ0) is 21.5. The van der Waals surface area contributed by atoms with Gasteiger partial charge in [-0.05, 0) is 40.6 Å². The normalized spacial score (nSPS) is 10.9. The van der Waals surface area contributed by atoms with Crippen LogP contribution in [0.3, 0.4) is 0 Å². The predicted molar refractivity (Wildman–Crippen MR) is 123 cm³/mol. The second-order valence-electron chi connectivity index (χ2n) is 6.91. The Bertz CT molecular complexity index is 1220. The van der Waals surface area contributed by atoms with Crippen molar-refractivity contribution in [3.8, 4) is 11.5 Å². The minimum absolute atomic E-state index is 0.281. The van der Waals surface area contributed by atoms with Crippen molar-refractivity contribution in [1.29, 1.82) is 0 Å². The molecular weight excluding hydrogens is 388 g/mol. The van der Waals surface area contributed by atoms with Crippen LogP contribution >= 0.6 is 0 Å². The summed E-state index contributed by atoms with van der Waals surface area (Å²) in [5, 5.41) is 6.21. The van der Waals surface area contributed by atoms with Crippen LogP contribution in [-0.4, -0.2) is 19.2 Å². The highest BCUT2D eigenvalue weighted by atomic mass is 16.5. The molecular formula is C26H22N2O3. The third-order valence-electron chi connectivity index (χ3n) is 4.84. The van der Waals surface area contributed by atoms with Crippen molar-refractivity contribution in [2.75, 3.05) is 7.11 Å². The van der Waals surface area contributed by atoms with Crippen LogP contribution in [0.1, 0.15) is 21.5 Å². The van der Waals surface area contributed by atoms with Gasteiger partial charge >= 0.3 is 0 Å². The summed E-state index contributed by atoms with van der Waals surface area (Å²) in [6.07, 6.45) is 1.56. The van der Waals surface area contributed by atoms with Crippen LogP contribution in [0.4, 0.5) is 0 Å². The van der Waals surface area contributed by atoms with Crippen molar-refractivity contribution in [1.82, 2.24) is 5.43 Å². The average molecular weight is 410 g/mol. The number of nitrogens with one attached hydrogen (secondary N) is 1. The van der Waals surface area contributed by atoms with Gasteiger partial charge in [0.2, 0.25) is 0 Å². The zero-order valence-electron chi connectivity index (χ0n) is 17.1. The minimum atomic E-state index is -0.281. The first kappa shape index (κ1) is 20.2. The molecule has 0 atom stereocenters. The maximum atomic E-state index is 12.5. The summed E-state index contributed by atoms with van der Waals surface area (Å²) >= 11 is 0. The van der Waals surface area contributed by atoms with Gasteiger partial charge in [0.15, 0.2) is 11.5 Å². The molecule has 154 valence electrons. The van der Waals surface area contributed by atoms with Gasteiger partial charge in [-0.2, -0.15) is 5.10 Å². The fourth-order valence-electron chi connectivity index (χ4n) is 3.23. The topological polar surface area (TPSA) is 59.9 Å². The summed E-state index contributed by atoms with van der Waals surface area (Å²) in [5.41, 5.74) is 4.87. The van der Waals surface area contributed by atoms with E-state index in [-0.39, 0.29) is 5.91 Å². The quantitative estimate of drug-likeness (QED) is 0.337. The van der Waals surface area contributed by atoms with Crippen molar-refractivity contribution in [2.45, 2.75) is 6.61 Å². The Morgan fingerprint density at radius 2 is 1.68 bits per heavy atom. The number of hydrazone groups is 1. The number of hydrogen-bond donors (Lipinski definition) is 1. The van der Waals surface area contributed by atoms with E-state index in [1.807, 2.05) is 84.9 Å². The predicted octanol–water partition coefficient (Wildman–Crippen LogP) is 5.19. The molecule has 31 heavy (non-hydrogen) atoms. The molecule has 4 rings (SSSR count). The number of hydrogen-bond acceptors (Lipinski definition) is 4. The van der Waals surface area contributed by atoms with Crippen LogP contribution in [0.2, 0.25) is 0 Å². The number of carbonyl (C=O) groups excluding carboxylic acids is 1. The Labute approximate surface area is 180 Å². The molecule has 0 spiro atoms. The Morgan fingerprint density at radius 3 is 2.48 bits per heavy atom. The molecule has 0 heterocycles. The summed E-state index contributed by atoms with van der Waals surface area (Å²) in [6.45, 7) is 0.394. The highest BCUT2D eigenvalue weighted by Gasteiger charge is 2.10. The number of amides is 1. The van der Waals surface area contributed by atoms with Gasteiger partial charge in [-0.25, -0.2) is 5.43 Å². The lowest BCUT2D eigenvalue weighted by atomic mass is 10.1. The van der Waals surface area contributed by atoms with Gasteiger partial charge in [-0.15, -0.1) is 0 Å². The molecule has 4 aromatic carbocycles. The maximum absolute atomic E-state index is 12.5. The van der Waals surface area contributed by atoms with Crippen molar-refractivity contribution in [3.63, 3.8) is 0 Å². The summed E-state index contributed by atoms with van der Waals surface area (Å²) in [5.74, 6) is 0.884. The van der Waals surface area contributed by atoms with Crippen molar-refractivity contribution in [3.05, 3.63) is 108 Å². The van der Waals surface area contributed by atoms with E-state index in [2.05, 4.69) is 10.5 Å². The molecule has 1 amide bonds. The fraction of sp³-hybridized carbons (Fsp3) is 0.0769. The van der Waals surface area contributed by atoms with E-state index < -0.39 is 0 Å². The maximum Gasteiger partial charge on any atom is 0.271 e. The van der Waals surface area contributed by atoms with Crippen molar-refractivity contribution in [2.24, 2.45) is 5.10 Å². The standard InChI is InChI=1S/C26H22N2O3/c1-30-24-13-7-12-23(25(24)31-18-19-8-3-2-4-9-19)17-27-28-26(29)22-15-14-20-10-5-6-11-21(20)16-22/h2-17H,18H2,1H3,(H,28,29)/b27-17-. The fourth-order valence-corrected chi connectivity index (χ4v) is 3.23. The summed E-state index contributed by atoms with van der Waals surface area (Å²) < 4.78 is 11.4. The Morgan fingerprint density at radius 1 is 0.903 bits per heavy atom. The van der Waals surface area contributed by atoms with E-state index in [0.29, 0.717) is 29.2 Å². The van der Waals surface area contributed by atoms with Crippen LogP contribution in [0.15, 0.2) is 96.1 Å². The van der Waals surface area contributed by atoms with Gasteiger partial charge < -0.3 is 9.47 Å². The first-order valence-corrected chi connectivity index (χ1v) is 9.90. The van der Waals surface area contributed by atoms with Gasteiger partial charge in [-0.3, -0.25) is 4.79 Å². The number of rotatable bonds is 7. The first-order chi connectivity index (χ1) is 15.2. The van der Waals surface area contributed by atoms with Crippen LogP contribution in [0.25, 0.3) is 10.8 Å². The Hall–Kier alpha value is -4.12. The van der Waals surface area contributed by atoms with E-state index in [1.54, 1.807) is 19.4 Å². The monoisotopic (exact) mass is 410 g/mol. The molecule has 5 nitrogen and oxygen atoms in total. The second-order valence-corrected chi connectivity index (χ2v) is 6.91. The average Bonchev–Trinajstić information content (AvgIpc) is 2.83. The molecule has 0 bridgehead atoms. The number of ether oxygens (including phenoxy) is 2. The van der Waals surface area contributed by atoms with E-state index in [9.17, 15) is 4.79 Å². The Kier molecular flexibility index (Phi) is 6.24. The number of benzene rings is 4. The SMILES string of the molecule is COc1cccc(/C=N\NC(=O)c2ccc3ccccc3c2)c1OCc1ccccc1. The highest BCUT2D eigenvalue weighted by Crippen LogP contribution is 2.30. The number of carbonyl (C=O) groups is 1. The van der Waals surface area contributed by atoms with Crippen LogP contribution in [0.5, 0.6) is 11.5 Å². The summed E-state index contributed by atoms with van der Waals surface area (Å²) in [6, 6.07) is 28.9. The second kappa shape index (κ2) is 9.59. The van der Waals surface area contributed by atoms with Crippen LogP contribution < -0.4 is 14.9 Å². The molecule has 0 radical (unpaired) electrons. The third-order valence-corrected chi connectivity index (χ3v) is 4.84. The largest absolute Gasteiger partial charge is 0.493 e. The zero-order valence-corrected chi connectivity index (χ0v) is 17.1. The molecule has 0 aromatic heterocycles. The number of fused-ring (bicyclic) bond motifs is 1. The molecule has 0 saturated heterocycles. The first-order valence-electron chi connectivity index (χ1n) is 9.90. The smallest absolute Gasteiger partial charge is 0.271 e. The van der Waals surface area contributed by atoms with Crippen molar-refractivity contribution < 1.29 is 14.3 Å². The van der Waals surface area contributed by atoms with Crippen LogP contribution in [-0.2, 0) is 6.61 Å². The molecule has 0 aliphatic heterocycles. The van der Waals surface area contributed by atoms with Gasteiger partial charge in [0.05, 0.1) is 13.3 Å². The molecule has 1 N–H and O–H groups in total. The molecule has 5 heteroatoms. The molecule has 0 fully saturated rings. The van der Waals surface area contributed by atoms with Gasteiger partial charge in [-0.1, -0.05) is 66.7 Å². The minimum Gasteiger partial charge on any atom is -0.493 e. The van der Waals surface area contributed by atoms with Gasteiger partial charge in [0, 0.05) is 11.1 Å². The van der Waals surface area contributed by atoms with E-state index >= 15 is 0 Å². The van der Waals surface area contributed by atoms with E-state index in [4.69, 9.17) is 9.47 Å². The third kappa shape index (κ3) is 4.90. The Balaban J connectivity index is 1.49. The van der Waals surface area contributed by atoms with E-state index in [0.717, 1.165) is 16.3 Å². The lowest BCUT2D eigenvalue weighted by molar-refractivity contribution is 0.0955. The summed E-state index contributed by atoms with van der Waals surface area (Å²) in [7, 11) is 1.59. The molecule has 4 aromatic rings. The lowest BCUT2D eigenvalue weighted by Crippen LogP contribution is -2.17. The molecule has 0 aliphatic rings. The van der Waals surface area contributed by atoms with Crippen molar-refractivity contribution >= 4 is 22.9 Å². The number of methoxy groups -OCH3 is 1. The van der Waals surface area contributed by atoms with Gasteiger partial charge in [0.25, 0.3) is 5.91 Å². The van der Waals surface area contributed by atoms with Crippen LogP contribution in [0, 0.1) is 0 Å². The number of nitrogens with zero attached hydrogens (tertiary/aromatic N) is 1. The molecule has 0 saturated carbocycles. The van der Waals surface area contributed by atoms with E-state index in [1.165, 1.54) is 0 Å². The summed E-state index contributed by atoms with van der Waals surface area (Å²) in [4.78, 5) is 12.5. The lowest BCUT2D eigenvalue weighted by Gasteiger charge is -2.13.